The third kappa shape index (κ3) is 5.08. The Labute approximate surface area is 164 Å². The number of nitrogens with zero attached hydrogens (tertiary/aromatic N) is 4. The Hall–Kier alpha value is -0.850. The summed E-state index contributed by atoms with van der Waals surface area (Å²) in [6.45, 7) is 2.90. The standard InChI is InChI=1S/C14H18BrN5O2S3/c1-25(21,22)19-7-5-18(6-8-19)10-20-14(23)24-13(17-20)16-12-4-2-3-11(15)9-12/h2-4,9H,5-8,10H2,1H3,(H,16,17). The van der Waals surface area contributed by atoms with Crippen LogP contribution >= 0.6 is 39.5 Å². The summed E-state index contributed by atoms with van der Waals surface area (Å²) in [5.74, 6) is 0. The zero-order valence-electron chi connectivity index (χ0n) is 13.6. The molecule has 0 amide bonds. The van der Waals surface area contributed by atoms with E-state index >= 15 is 0 Å². The van der Waals surface area contributed by atoms with E-state index in [4.69, 9.17) is 12.2 Å². The van der Waals surface area contributed by atoms with Crippen LogP contribution in [0.25, 0.3) is 0 Å². The van der Waals surface area contributed by atoms with Crippen LogP contribution in [0.4, 0.5) is 10.8 Å². The minimum atomic E-state index is -3.11. The molecule has 7 nitrogen and oxygen atoms in total. The molecule has 3 rings (SSSR count). The van der Waals surface area contributed by atoms with Gasteiger partial charge in [-0.1, -0.05) is 33.3 Å². The van der Waals surface area contributed by atoms with E-state index in [9.17, 15) is 8.42 Å². The van der Waals surface area contributed by atoms with Gasteiger partial charge in [0.15, 0.2) is 3.95 Å². The van der Waals surface area contributed by atoms with Crippen LogP contribution in [0, 0.1) is 3.95 Å². The SMILES string of the molecule is CS(=O)(=O)N1CCN(Cn2nc(Nc3cccc(Br)c3)sc2=S)CC1. The molecular formula is C14H18BrN5O2S3. The van der Waals surface area contributed by atoms with Gasteiger partial charge in [-0.3, -0.25) is 4.90 Å². The first kappa shape index (κ1) is 18.9. The molecule has 25 heavy (non-hydrogen) atoms. The average Bonchev–Trinajstić information content (AvgIpc) is 2.86. The van der Waals surface area contributed by atoms with Crippen molar-refractivity contribution in [3.8, 4) is 0 Å². The van der Waals surface area contributed by atoms with Gasteiger partial charge in [0, 0.05) is 36.3 Å². The molecule has 0 saturated carbocycles. The number of sulfonamides is 1. The third-order valence-corrected chi connectivity index (χ3v) is 6.84. The van der Waals surface area contributed by atoms with Gasteiger partial charge in [0.1, 0.15) is 0 Å². The van der Waals surface area contributed by atoms with Crippen molar-refractivity contribution in [2.75, 3.05) is 37.8 Å². The number of piperazine rings is 1. The molecular weight excluding hydrogens is 446 g/mol. The lowest BCUT2D eigenvalue weighted by molar-refractivity contribution is 0.146. The van der Waals surface area contributed by atoms with Crippen molar-refractivity contribution in [2.45, 2.75) is 6.67 Å². The molecule has 136 valence electrons. The first-order valence-corrected chi connectivity index (χ1v) is 11.5. The topological polar surface area (TPSA) is 70.5 Å². The lowest BCUT2D eigenvalue weighted by atomic mass is 10.3. The Balaban J connectivity index is 1.63. The number of rotatable bonds is 5. The Morgan fingerprint density at radius 2 is 2.04 bits per heavy atom. The number of anilines is 2. The number of hydrogen-bond donors (Lipinski definition) is 1. The van der Waals surface area contributed by atoms with Crippen molar-refractivity contribution < 1.29 is 8.42 Å². The highest BCUT2D eigenvalue weighted by atomic mass is 79.9. The van der Waals surface area contributed by atoms with Gasteiger partial charge >= 0.3 is 0 Å². The molecule has 2 aromatic rings. The van der Waals surface area contributed by atoms with Crippen molar-refractivity contribution in [3.05, 3.63) is 32.7 Å². The summed E-state index contributed by atoms with van der Waals surface area (Å²) in [5, 5.41) is 8.52. The Kier molecular flexibility index (Phi) is 5.91. The molecule has 1 N–H and O–H groups in total. The zero-order valence-corrected chi connectivity index (χ0v) is 17.6. The van der Waals surface area contributed by atoms with Crippen molar-refractivity contribution in [1.82, 2.24) is 19.0 Å². The van der Waals surface area contributed by atoms with Gasteiger partial charge < -0.3 is 5.32 Å². The van der Waals surface area contributed by atoms with Gasteiger partial charge in [0.2, 0.25) is 15.2 Å². The molecule has 1 saturated heterocycles. The Morgan fingerprint density at radius 3 is 2.68 bits per heavy atom. The largest absolute Gasteiger partial charge is 0.330 e. The van der Waals surface area contributed by atoms with Gasteiger partial charge in [-0.25, -0.2) is 13.1 Å². The minimum Gasteiger partial charge on any atom is -0.330 e. The van der Waals surface area contributed by atoms with E-state index in [1.807, 2.05) is 24.3 Å². The molecule has 2 heterocycles. The predicted molar refractivity (Wildman–Crippen MR) is 106 cm³/mol. The summed E-state index contributed by atoms with van der Waals surface area (Å²) >= 11 is 10.3. The van der Waals surface area contributed by atoms with E-state index in [2.05, 4.69) is 31.2 Å². The number of hydrogen-bond acceptors (Lipinski definition) is 7. The van der Waals surface area contributed by atoms with Crippen LogP contribution < -0.4 is 5.32 Å². The van der Waals surface area contributed by atoms with Gasteiger partial charge in [0.25, 0.3) is 0 Å². The summed E-state index contributed by atoms with van der Waals surface area (Å²) in [5.41, 5.74) is 0.937. The van der Waals surface area contributed by atoms with E-state index in [1.54, 1.807) is 4.68 Å². The molecule has 0 atom stereocenters. The Bertz CT molecular complexity index is 903. The lowest BCUT2D eigenvalue weighted by Gasteiger charge is -2.32. The molecule has 1 aromatic carbocycles. The summed E-state index contributed by atoms with van der Waals surface area (Å²) < 4.78 is 28.1. The van der Waals surface area contributed by atoms with Crippen LogP contribution in [0.1, 0.15) is 0 Å². The fraction of sp³-hybridized carbons (Fsp3) is 0.429. The number of halogens is 1. The maximum atomic E-state index is 11.6. The molecule has 1 aliphatic heterocycles. The number of nitrogens with one attached hydrogen (secondary N) is 1. The van der Waals surface area contributed by atoms with E-state index in [0.29, 0.717) is 36.8 Å². The van der Waals surface area contributed by atoms with Crippen LogP contribution in [-0.4, -0.2) is 59.8 Å². The van der Waals surface area contributed by atoms with E-state index in [-0.39, 0.29) is 0 Å². The number of benzene rings is 1. The first-order chi connectivity index (χ1) is 11.8. The van der Waals surface area contributed by atoms with Crippen LogP contribution in [0.3, 0.4) is 0 Å². The normalized spacial score (nSPS) is 16.9. The fourth-order valence-corrected chi connectivity index (χ4v) is 4.77. The van der Waals surface area contributed by atoms with Crippen LogP contribution in [0.15, 0.2) is 28.7 Å². The highest BCUT2D eigenvalue weighted by molar-refractivity contribution is 9.10. The molecule has 11 heteroatoms. The fourth-order valence-electron chi connectivity index (χ4n) is 2.53. The molecule has 0 bridgehead atoms. The molecule has 1 fully saturated rings. The van der Waals surface area contributed by atoms with Gasteiger partial charge in [-0.05, 0) is 30.4 Å². The van der Waals surface area contributed by atoms with Crippen molar-refractivity contribution in [1.29, 1.82) is 0 Å². The molecule has 0 spiro atoms. The molecule has 1 aromatic heterocycles. The maximum Gasteiger partial charge on any atom is 0.211 e. The van der Waals surface area contributed by atoms with Gasteiger partial charge in [-0.2, -0.15) is 4.31 Å². The van der Waals surface area contributed by atoms with Gasteiger partial charge in [-0.15, -0.1) is 5.10 Å². The van der Waals surface area contributed by atoms with Gasteiger partial charge in [0.05, 0.1) is 12.9 Å². The maximum absolute atomic E-state index is 11.6. The highest BCUT2D eigenvalue weighted by Crippen LogP contribution is 2.23. The summed E-state index contributed by atoms with van der Waals surface area (Å²) in [6, 6.07) is 7.84. The van der Waals surface area contributed by atoms with Crippen molar-refractivity contribution >= 4 is 60.3 Å². The van der Waals surface area contributed by atoms with E-state index < -0.39 is 10.0 Å². The zero-order chi connectivity index (χ0) is 18.0. The second kappa shape index (κ2) is 7.80. The molecule has 0 radical (unpaired) electrons. The van der Waals surface area contributed by atoms with Crippen LogP contribution in [-0.2, 0) is 16.7 Å². The number of aromatic nitrogens is 2. The third-order valence-electron chi connectivity index (χ3n) is 3.82. The predicted octanol–water partition coefficient (Wildman–Crippen LogP) is 2.71. The Morgan fingerprint density at radius 1 is 1.32 bits per heavy atom. The summed E-state index contributed by atoms with van der Waals surface area (Å²) in [6.07, 6.45) is 1.25. The second-order valence-corrected chi connectivity index (χ2v) is 10.3. The van der Waals surface area contributed by atoms with E-state index in [1.165, 1.54) is 21.9 Å². The summed E-state index contributed by atoms with van der Waals surface area (Å²) in [7, 11) is -3.11. The van der Waals surface area contributed by atoms with E-state index in [0.717, 1.165) is 15.3 Å². The average molecular weight is 464 g/mol. The molecule has 1 aliphatic rings. The lowest BCUT2D eigenvalue weighted by Crippen LogP contribution is -2.48. The summed E-state index contributed by atoms with van der Waals surface area (Å²) in [4.78, 5) is 2.15. The van der Waals surface area contributed by atoms with Crippen molar-refractivity contribution in [3.63, 3.8) is 0 Å². The second-order valence-electron chi connectivity index (χ2n) is 5.73. The van der Waals surface area contributed by atoms with Crippen LogP contribution in [0.2, 0.25) is 0 Å². The van der Waals surface area contributed by atoms with Crippen LogP contribution in [0.5, 0.6) is 0 Å². The minimum absolute atomic E-state index is 0.499. The monoisotopic (exact) mass is 463 g/mol. The molecule has 0 unspecified atom stereocenters. The first-order valence-electron chi connectivity index (χ1n) is 7.59. The smallest absolute Gasteiger partial charge is 0.211 e. The quantitative estimate of drug-likeness (QED) is 0.687. The van der Waals surface area contributed by atoms with Crippen molar-refractivity contribution in [2.24, 2.45) is 0 Å². The highest BCUT2D eigenvalue weighted by Gasteiger charge is 2.23. The molecule has 0 aliphatic carbocycles.